The van der Waals surface area contributed by atoms with Gasteiger partial charge in [0.25, 0.3) is 12.0 Å². The Hall–Kier alpha value is -1.64. The lowest BCUT2D eigenvalue weighted by Crippen LogP contribution is -2.15. The molecule has 0 aliphatic carbocycles. The van der Waals surface area contributed by atoms with Crippen molar-refractivity contribution in [1.29, 1.82) is 5.26 Å². The zero-order valence-electron chi connectivity index (χ0n) is 6.63. The number of hydrogen-bond donors (Lipinski definition) is 1. The first-order chi connectivity index (χ1) is 6.15. The van der Waals surface area contributed by atoms with Crippen molar-refractivity contribution < 1.29 is 8.78 Å². The minimum absolute atomic E-state index is 0.113. The standard InChI is InChI=1S/C7H7F2N3O/c8-7(9)5-4-6(13)12(11-5)3-1-2-10/h4,7,11H,1,3H2. The van der Waals surface area contributed by atoms with E-state index < -0.39 is 17.7 Å². The van der Waals surface area contributed by atoms with Gasteiger partial charge < -0.3 is 0 Å². The highest BCUT2D eigenvalue weighted by atomic mass is 19.3. The van der Waals surface area contributed by atoms with Crippen LogP contribution in [0.3, 0.4) is 0 Å². The normalized spacial score (nSPS) is 10.3. The van der Waals surface area contributed by atoms with Crippen LogP contribution in [0.5, 0.6) is 0 Å². The number of hydrogen-bond acceptors (Lipinski definition) is 2. The van der Waals surface area contributed by atoms with Gasteiger partial charge in [-0.15, -0.1) is 0 Å². The summed E-state index contributed by atoms with van der Waals surface area (Å²) in [4.78, 5) is 10.9. The van der Waals surface area contributed by atoms with Gasteiger partial charge >= 0.3 is 0 Å². The molecular formula is C7H7F2N3O. The van der Waals surface area contributed by atoms with Gasteiger partial charge in [-0.3, -0.25) is 14.6 Å². The molecule has 0 saturated heterocycles. The second kappa shape index (κ2) is 3.85. The van der Waals surface area contributed by atoms with Gasteiger partial charge in [-0.2, -0.15) is 5.26 Å². The fourth-order valence-electron chi connectivity index (χ4n) is 0.894. The number of alkyl halides is 2. The lowest BCUT2D eigenvalue weighted by Gasteiger charge is -1.96. The number of aromatic amines is 1. The lowest BCUT2D eigenvalue weighted by atomic mass is 10.4. The Bertz CT molecular complexity index is 374. The predicted octanol–water partition coefficient (Wildman–Crippen LogP) is 1.03. The van der Waals surface area contributed by atoms with Gasteiger partial charge in [0.1, 0.15) is 5.69 Å². The van der Waals surface area contributed by atoms with Crippen molar-refractivity contribution >= 4 is 0 Å². The Morgan fingerprint density at radius 1 is 1.69 bits per heavy atom. The lowest BCUT2D eigenvalue weighted by molar-refractivity contribution is 0.145. The molecule has 0 amide bonds. The molecule has 0 aliphatic heterocycles. The van der Waals surface area contributed by atoms with E-state index in [2.05, 4.69) is 5.10 Å². The molecule has 1 aromatic rings. The van der Waals surface area contributed by atoms with E-state index in [-0.39, 0.29) is 13.0 Å². The van der Waals surface area contributed by atoms with Crippen molar-refractivity contribution in [2.75, 3.05) is 0 Å². The Balaban J connectivity index is 2.85. The molecule has 1 heterocycles. The molecule has 1 aromatic heterocycles. The monoisotopic (exact) mass is 187 g/mol. The van der Waals surface area contributed by atoms with E-state index in [4.69, 9.17) is 5.26 Å². The van der Waals surface area contributed by atoms with E-state index in [1.807, 2.05) is 6.07 Å². The van der Waals surface area contributed by atoms with Crippen LogP contribution in [0.15, 0.2) is 10.9 Å². The summed E-state index contributed by atoms with van der Waals surface area (Å²) in [6, 6.07) is 2.65. The molecule has 0 fully saturated rings. The Kier molecular flexibility index (Phi) is 2.80. The predicted molar refractivity (Wildman–Crippen MR) is 40.2 cm³/mol. The molecule has 0 saturated carbocycles. The maximum absolute atomic E-state index is 12.0. The number of nitrogens with zero attached hydrogens (tertiary/aromatic N) is 2. The van der Waals surface area contributed by atoms with Crippen molar-refractivity contribution in [3.05, 3.63) is 22.1 Å². The van der Waals surface area contributed by atoms with Crippen LogP contribution in [0.2, 0.25) is 0 Å². The van der Waals surface area contributed by atoms with Crippen LogP contribution in [0.4, 0.5) is 8.78 Å². The third kappa shape index (κ3) is 2.15. The largest absolute Gasteiger partial charge is 0.294 e. The van der Waals surface area contributed by atoms with E-state index in [1.165, 1.54) is 0 Å². The number of aryl methyl sites for hydroxylation is 1. The smallest absolute Gasteiger partial charge is 0.279 e. The SMILES string of the molecule is N#CCCn1[nH]c(C(F)F)cc1=O. The van der Waals surface area contributed by atoms with Gasteiger partial charge in [0.05, 0.1) is 19.0 Å². The Morgan fingerprint density at radius 3 is 2.85 bits per heavy atom. The number of nitriles is 1. The van der Waals surface area contributed by atoms with Crippen LogP contribution in [-0.4, -0.2) is 9.78 Å². The minimum Gasteiger partial charge on any atom is -0.294 e. The molecule has 0 atom stereocenters. The van der Waals surface area contributed by atoms with Gasteiger partial charge in [0, 0.05) is 6.07 Å². The van der Waals surface area contributed by atoms with E-state index in [0.717, 1.165) is 10.7 Å². The molecule has 70 valence electrons. The Labute approximate surface area is 72.4 Å². The van der Waals surface area contributed by atoms with Crippen LogP contribution in [0, 0.1) is 11.3 Å². The fraction of sp³-hybridized carbons (Fsp3) is 0.429. The summed E-state index contributed by atoms with van der Waals surface area (Å²) in [6.07, 6.45) is -2.57. The van der Waals surface area contributed by atoms with Crippen molar-refractivity contribution in [2.24, 2.45) is 0 Å². The van der Waals surface area contributed by atoms with E-state index in [9.17, 15) is 13.6 Å². The number of nitrogens with one attached hydrogen (secondary N) is 1. The van der Waals surface area contributed by atoms with Gasteiger partial charge in [-0.05, 0) is 0 Å². The van der Waals surface area contributed by atoms with E-state index in [0.29, 0.717) is 0 Å². The van der Waals surface area contributed by atoms with Crippen molar-refractivity contribution in [3.8, 4) is 6.07 Å². The third-order valence-electron chi connectivity index (χ3n) is 1.49. The van der Waals surface area contributed by atoms with Crippen molar-refractivity contribution in [2.45, 2.75) is 19.4 Å². The number of rotatable bonds is 3. The fourth-order valence-corrected chi connectivity index (χ4v) is 0.894. The molecular weight excluding hydrogens is 180 g/mol. The second-order valence-electron chi connectivity index (χ2n) is 2.41. The van der Waals surface area contributed by atoms with Crippen molar-refractivity contribution in [1.82, 2.24) is 9.78 Å². The number of aromatic nitrogens is 2. The highest BCUT2D eigenvalue weighted by molar-refractivity contribution is 5.00. The summed E-state index contributed by atoms with van der Waals surface area (Å²) in [7, 11) is 0. The van der Waals surface area contributed by atoms with Crippen LogP contribution < -0.4 is 5.56 Å². The summed E-state index contributed by atoms with van der Waals surface area (Å²) in [6.45, 7) is 0.113. The highest BCUT2D eigenvalue weighted by Crippen LogP contribution is 2.13. The van der Waals surface area contributed by atoms with Crippen LogP contribution in [0.25, 0.3) is 0 Å². The summed E-state index contributed by atoms with van der Waals surface area (Å²) in [5.74, 6) is 0. The van der Waals surface area contributed by atoms with Gasteiger partial charge in [-0.25, -0.2) is 8.78 Å². The van der Waals surface area contributed by atoms with Gasteiger partial charge in [-0.1, -0.05) is 0 Å². The molecule has 6 heteroatoms. The maximum atomic E-state index is 12.0. The summed E-state index contributed by atoms with van der Waals surface area (Å²) < 4.78 is 25.1. The van der Waals surface area contributed by atoms with Crippen LogP contribution in [-0.2, 0) is 6.54 Å². The second-order valence-corrected chi connectivity index (χ2v) is 2.41. The van der Waals surface area contributed by atoms with E-state index in [1.54, 1.807) is 0 Å². The van der Waals surface area contributed by atoms with Gasteiger partial charge in [0.2, 0.25) is 0 Å². The average Bonchev–Trinajstić information content (AvgIpc) is 2.44. The number of H-pyrrole nitrogens is 1. The maximum Gasteiger partial charge on any atom is 0.279 e. The first-order valence-corrected chi connectivity index (χ1v) is 3.60. The molecule has 13 heavy (non-hydrogen) atoms. The molecule has 1 rings (SSSR count). The Morgan fingerprint density at radius 2 is 2.38 bits per heavy atom. The summed E-state index contributed by atoms with van der Waals surface area (Å²) >= 11 is 0. The molecule has 0 unspecified atom stereocenters. The molecule has 4 nitrogen and oxygen atoms in total. The number of halogens is 2. The average molecular weight is 187 g/mol. The molecule has 0 spiro atoms. The van der Waals surface area contributed by atoms with E-state index >= 15 is 0 Å². The topological polar surface area (TPSA) is 61.6 Å². The molecule has 0 aromatic carbocycles. The molecule has 0 aliphatic rings. The van der Waals surface area contributed by atoms with Crippen LogP contribution >= 0.6 is 0 Å². The van der Waals surface area contributed by atoms with Crippen LogP contribution in [0.1, 0.15) is 18.5 Å². The van der Waals surface area contributed by atoms with Gasteiger partial charge in [0.15, 0.2) is 0 Å². The highest BCUT2D eigenvalue weighted by Gasteiger charge is 2.11. The molecule has 1 N–H and O–H groups in total. The minimum atomic E-state index is -2.68. The summed E-state index contributed by atoms with van der Waals surface area (Å²) in [5.41, 5.74) is -0.950. The zero-order chi connectivity index (χ0) is 9.84. The molecule has 0 bridgehead atoms. The quantitative estimate of drug-likeness (QED) is 0.768. The first-order valence-electron chi connectivity index (χ1n) is 3.60. The zero-order valence-corrected chi connectivity index (χ0v) is 6.63. The third-order valence-corrected chi connectivity index (χ3v) is 1.49. The molecule has 0 radical (unpaired) electrons. The summed E-state index contributed by atoms with van der Waals surface area (Å²) in [5, 5.41) is 10.4. The first kappa shape index (κ1) is 9.45. The van der Waals surface area contributed by atoms with Crippen molar-refractivity contribution in [3.63, 3.8) is 0 Å².